The molecule has 1 unspecified atom stereocenters. The number of carbonyl (C=O) groups is 1. The van der Waals surface area contributed by atoms with Gasteiger partial charge in [-0.25, -0.2) is 4.39 Å². The van der Waals surface area contributed by atoms with Crippen molar-refractivity contribution in [2.75, 3.05) is 20.2 Å². The smallest absolute Gasteiger partial charge is 0.242 e. The molecule has 0 bridgehead atoms. The Morgan fingerprint density at radius 1 is 1.32 bits per heavy atom. The molecule has 2 aromatic carbocycles. The predicted octanol–water partition coefficient (Wildman–Crippen LogP) is 2.52. The predicted molar refractivity (Wildman–Crippen MR) is 92.0 cm³/mol. The second-order valence-corrected chi connectivity index (χ2v) is 6.17. The van der Waals surface area contributed by atoms with E-state index in [1.165, 1.54) is 19.2 Å². The second-order valence-electron chi connectivity index (χ2n) is 6.17. The second kappa shape index (κ2) is 7.11. The van der Waals surface area contributed by atoms with Gasteiger partial charge in [0.2, 0.25) is 5.91 Å². The Kier molecular flexibility index (Phi) is 4.90. The van der Waals surface area contributed by atoms with Crippen LogP contribution in [0.4, 0.5) is 4.39 Å². The van der Waals surface area contributed by atoms with Crippen LogP contribution < -0.4 is 10.1 Å². The van der Waals surface area contributed by atoms with Crippen LogP contribution in [0.2, 0.25) is 0 Å². The number of methoxy groups -OCH3 is 1. The fourth-order valence-electron chi connectivity index (χ4n) is 3.22. The number of rotatable bonds is 4. The van der Waals surface area contributed by atoms with Crippen LogP contribution >= 0.6 is 0 Å². The van der Waals surface area contributed by atoms with Gasteiger partial charge in [-0.3, -0.25) is 9.69 Å². The number of carbonyl (C=O) groups excluding carboxylic acids is 1. The highest BCUT2D eigenvalue weighted by atomic mass is 19.1. The summed E-state index contributed by atoms with van der Waals surface area (Å²) in [6.45, 7) is 3.56. The van der Waals surface area contributed by atoms with E-state index in [1.54, 1.807) is 24.3 Å². The molecule has 3 rings (SSSR count). The summed E-state index contributed by atoms with van der Waals surface area (Å²) in [6.07, 6.45) is 0. The molecule has 1 fully saturated rings. The van der Waals surface area contributed by atoms with E-state index < -0.39 is 6.04 Å². The molecule has 1 aliphatic heterocycles. The van der Waals surface area contributed by atoms with Gasteiger partial charge in [0.15, 0.2) is 11.5 Å². The SMILES string of the molecule is COc1cc(CN2CCNC(=O)C2c2ccc(F)cc2C)ccc1O. The van der Waals surface area contributed by atoms with Crippen LogP contribution in [0, 0.1) is 12.7 Å². The van der Waals surface area contributed by atoms with Crippen molar-refractivity contribution in [2.45, 2.75) is 19.5 Å². The van der Waals surface area contributed by atoms with Crippen molar-refractivity contribution in [1.82, 2.24) is 10.2 Å². The van der Waals surface area contributed by atoms with Gasteiger partial charge in [0.25, 0.3) is 0 Å². The van der Waals surface area contributed by atoms with E-state index in [2.05, 4.69) is 5.32 Å². The van der Waals surface area contributed by atoms with Gasteiger partial charge in [0, 0.05) is 19.6 Å². The Balaban J connectivity index is 1.91. The summed E-state index contributed by atoms with van der Waals surface area (Å²) in [6, 6.07) is 9.16. The zero-order valence-electron chi connectivity index (χ0n) is 14.3. The molecular weight excluding hydrogens is 323 g/mol. The molecular formula is C19H21FN2O3. The summed E-state index contributed by atoms with van der Waals surface area (Å²) in [7, 11) is 1.50. The highest BCUT2D eigenvalue weighted by Gasteiger charge is 2.32. The number of halogens is 1. The van der Waals surface area contributed by atoms with E-state index in [9.17, 15) is 14.3 Å². The number of piperazine rings is 1. The largest absolute Gasteiger partial charge is 0.504 e. The van der Waals surface area contributed by atoms with Gasteiger partial charge >= 0.3 is 0 Å². The minimum absolute atomic E-state index is 0.0774. The third-order valence-corrected chi connectivity index (χ3v) is 4.47. The first-order valence-electron chi connectivity index (χ1n) is 8.13. The van der Waals surface area contributed by atoms with Crippen LogP contribution in [0.15, 0.2) is 36.4 Å². The normalized spacial score (nSPS) is 18.0. The minimum Gasteiger partial charge on any atom is -0.504 e. The summed E-state index contributed by atoms with van der Waals surface area (Å²) < 4.78 is 18.6. The van der Waals surface area contributed by atoms with Crippen molar-refractivity contribution in [1.29, 1.82) is 0 Å². The number of hydrogen-bond donors (Lipinski definition) is 2. The molecule has 1 amide bonds. The third kappa shape index (κ3) is 3.58. The fraction of sp³-hybridized carbons (Fsp3) is 0.316. The lowest BCUT2D eigenvalue weighted by Gasteiger charge is -2.36. The van der Waals surface area contributed by atoms with E-state index >= 15 is 0 Å². The zero-order chi connectivity index (χ0) is 18.0. The maximum atomic E-state index is 13.4. The van der Waals surface area contributed by atoms with E-state index in [1.807, 2.05) is 11.8 Å². The zero-order valence-corrected chi connectivity index (χ0v) is 14.3. The maximum absolute atomic E-state index is 13.4. The van der Waals surface area contributed by atoms with Gasteiger partial charge in [-0.05, 0) is 47.9 Å². The van der Waals surface area contributed by atoms with E-state index in [0.717, 1.165) is 16.7 Å². The number of amides is 1. The van der Waals surface area contributed by atoms with Crippen LogP contribution in [0.3, 0.4) is 0 Å². The number of ether oxygens (including phenoxy) is 1. The molecule has 1 heterocycles. The lowest BCUT2D eigenvalue weighted by molar-refractivity contribution is -0.129. The number of phenols is 1. The quantitative estimate of drug-likeness (QED) is 0.895. The van der Waals surface area contributed by atoms with Crippen molar-refractivity contribution >= 4 is 5.91 Å². The monoisotopic (exact) mass is 344 g/mol. The number of hydrogen-bond acceptors (Lipinski definition) is 4. The summed E-state index contributed by atoms with van der Waals surface area (Å²) in [5.74, 6) is 0.0704. The number of nitrogens with zero attached hydrogens (tertiary/aromatic N) is 1. The van der Waals surface area contributed by atoms with Crippen molar-refractivity contribution in [3.63, 3.8) is 0 Å². The summed E-state index contributed by atoms with van der Waals surface area (Å²) in [5.41, 5.74) is 2.47. The molecule has 1 aliphatic rings. The Morgan fingerprint density at radius 3 is 2.84 bits per heavy atom. The first kappa shape index (κ1) is 17.2. The van der Waals surface area contributed by atoms with Gasteiger partial charge in [0.1, 0.15) is 11.9 Å². The third-order valence-electron chi connectivity index (χ3n) is 4.47. The van der Waals surface area contributed by atoms with Crippen molar-refractivity contribution < 1.29 is 19.0 Å². The Morgan fingerprint density at radius 2 is 2.12 bits per heavy atom. The average molecular weight is 344 g/mol. The first-order chi connectivity index (χ1) is 12.0. The lowest BCUT2D eigenvalue weighted by Crippen LogP contribution is -2.49. The topological polar surface area (TPSA) is 61.8 Å². The molecule has 25 heavy (non-hydrogen) atoms. The van der Waals surface area contributed by atoms with Gasteiger partial charge in [-0.2, -0.15) is 0 Å². The molecule has 2 N–H and O–H groups in total. The number of phenolic OH excluding ortho intramolecular Hbond substituents is 1. The van der Waals surface area contributed by atoms with Crippen molar-refractivity contribution in [3.8, 4) is 11.5 Å². The molecule has 0 aliphatic carbocycles. The lowest BCUT2D eigenvalue weighted by atomic mass is 9.97. The molecule has 1 saturated heterocycles. The number of benzene rings is 2. The van der Waals surface area contributed by atoms with Gasteiger partial charge in [-0.1, -0.05) is 12.1 Å². The van der Waals surface area contributed by atoms with E-state index in [0.29, 0.717) is 25.4 Å². The van der Waals surface area contributed by atoms with Gasteiger partial charge in [-0.15, -0.1) is 0 Å². The van der Waals surface area contributed by atoms with Crippen LogP contribution in [-0.2, 0) is 11.3 Å². The maximum Gasteiger partial charge on any atom is 0.242 e. The van der Waals surface area contributed by atoms with Crippen LogP contribution in [0.25, 0.3) is 0 Å². The number of aromatic hydroxyl groups is 1. The first-order valence-corrected chi connectivity index (χ1v) is 8.13. The molecule has 0 spiro atoms. The molecule has 1 atom stereocenters. The fourth-order valence-corrected chi connectivity index (χ4v) is 3.22. The Labute approximate surface area is 146 Å². The van der Waals surface area contributed by atoms with Crippen LogP contribution in [-0.4, -0.2) is 36.1 Å². The standard InChI is InChI=1S/C19H21FN2O3/c1-12-9-14(20)4-5-15(12)18-19(24)21-7-8-22(18)11-13-3-6-16(23)17(10-13)25-2/h3-6,9-10,18,23H,7-8,11H2,1-2H3,(H,21,24). The Hall–Kier alpha value is -2.60. The van der Waals surface area contributed by atoms with Gasteiger partial charge in [0.05, 0.1) is 7.11 Å². The van der Waals surface area contributed by atoms with Gasteiger partial charge < -0.3 is 15.2 Å². The van der Waals surface area contributed by atoms with E-state index in [-0.39, 0.29) is 17.5 Å². The summed E-state index contributed by atoms with van der Waals surface area (Å²) in [5, 5.41) is 12.6. The van der Waals surface area contributed by atoms with Crippen LogP contribution in [0.1, 0.15) is 22.7 Å². The van der Waals surface area contributed by atoms with Crippen molar-refractivity contribution in [2.24, 2.45) is 0 Å². The Bertz CT molecular complexity index is 794. The minimum atomic E-state index is -0.478. The number of aryl methyl sites for hydroxylation is 1. The van der Waals surface area contributed by atoms with Crippen molar-refractivity contribution in [3.05, 3.63) is 58.9 Å². The molecule has 0 saturated carbocycles. The van der Waals surface area contributed by atoms with E-state index in [4.69, 9.17) is 4.74 Å². The average Bonchev–Trinajstić information content (AvgIpc) is 2.58. The highest BCUT2D eigenvalue weighted by molar-refractivity contribution is 5.84. The molecule has 2 aromatic rings. The number of nitrogens with one attached hydrogen (secondary N) is 1. The molecule has 132 valence electrons. The summed E-state index contributed by atoms with van der Waals surface area (Å²) >= 11 is 0. The highest BCUT2D eigenvalue weighted by Crippen LogP contribution is 2.31. The molecule has 6 heteroatoms. The molecule has 0 aromatic heterocycles. The summed E-state index contributed by atoms with van der Waals surface area (Å²) in [4.78, 5) is 14.5. The molecule has 5 nitrogen and oxygen atoms in total. The molecule has 0 radical (unpaired) electrons. The van der Waals surface area contributed by atoms with Crippen LogP contribution in [0.5, 0.6) is 11.5 Å².